The third-order valence-electron chi connectivity index (χ3n) is 3.33. The number of aromatic nitrogens is 4. The van der Waals surface area contributed by atoms with E-state index in [-0.39, 0.29) is 12.4 Å². The molecule has 0 saturated carbocycles. The summed E-state index contributed by atoms with van der Waals surface area (Å²) in [6.07, 6.45) is 2.24. The maximum Gasteiger partial charge on any atom is 0.166 e. The lowest BCUT2D eigenvalue weighted by Gasteiger charge is -2.18. The summed E-state index contributed by atoms with van der Waals surface area (Å²) in [5.74, 6) is 0.253. The van der Waals surface area contributed by atoms with Crippen molar-refractivity contribution in [1.82, 2.24) is 19.5 Å². The summed E-state index contributed by atoms with van der Waals surface area (Å²) in [5.41, 5.74) is 6.98. The topological polar surface area (TPSA) is 130 Å². The van der Waals surface area contributed by atoms with Crippen LogP contribution in [0, 0.1) is 0 Å². The Labute approximate surface area is 107 Å². The second-order valence-electron chi connectivity index (χ2n) is 4.41. The minimum Gasteiger partial charge on any atom is -0.392 e. The molecule has 3 rings (SSSR count). The number of imidazole rings is 1. The molecule has 8 heteroatoms. The molecule has 0 spiro atoms. The van der Waals surface area contributed by atoms with E-state index in [1.807, 2.05) is 0 Å². The van der Waals surface area contributed by atoms with E-state index >= 15 is 0 Å². The molecule has 0 saturated heterocycles. The fourth-order valence-corrected chi connectivity index (χ4v) is 2.30. The highest BCUT2D eigenvalue weighted by molar-refractivity contribution is 5.81. The van der Waals surface area contributed by atoms with Gasteiger partial charge in [-0.15, -0.1) is 0 Å². The third-order valence-corrected chi connectivity index (χ3v) is 3.33. The summed E-state index contributed by atoms with van der Waals surface area (Å²) >= 11 is 0. The summed E-state index contributed by atoms with van der Waals surface area (Å²) in [6.45, 7) is -0.307. The van der Waals surface area contributed by atoms with Crippen LogP contribution in [-0.4, -0.2) is 53.7 Å². The zero-order chi connectivity index (χ0) is 13.6. The summed E-state index contributed by atoms with van der Waals surface area (Å²) in [5, 5.41) is 28.9. The fourth-order valence-electron chi connectivity index (χ4n) is 2.30. The maximum absolute atomic E-state index is 10.0. The first kappa shape index (κ1) is 12.0. The first-order chi connectivity index (χ1) is 9.13. The van der Waals surface area contributed by atoms with Crippen LogP contribution in [0.5, 0.6) is 0 Å². The lowest BCUT2D eigenvalue weighted by molar-refractivity contribution is 0.0287. The van der Waals surface area contributed by atoms with Crippen molar-refractivity contribution in [1.29, 1.82) is 0 Å². The Morgan fingerprint density at radius 1 is 1.26 bits per heavy atom. The molecule has 5 N–H and O–H groups in total. The molecule has 100 valence electrons. The molecule has 0 amide bonds. The largest absolute Gasteiger partial charge is 0.392 e. The molecule has 0 aliphatic heterocycles. The number of fused-ring (bicyclic) bond motifs is 1. The molecule has 1 aliphatic carbocycles. The van der Waals surface area contributed by atoms with Gasteiger partial charge in [0.15, 0.2) is 11.5 Å². The molecule has 0 aromatic carbocycles. The minimum absolute atomic E-state index is 0.253. The van der Waals surface area contributed by atoms with Crippen LogP contribution in [0.4, 0.5) is 5.82 Å². The molecule has 2 aromatic heterocycles. The van der Waals surface area contributed by atoms with Crippen molar-refractivity contribution in [3.05, 3.63) is 24.3 Å². The van der Waals surface area contributed by atoms with Gasteiger partial charge in [0.1, 0.15) is 24.1 Å². The van der Waals surface area contributed by atoms with Crippen LogP contribution in [0.3, 0.4) is 0 Å². The lowest BCUT2D eigenvalue weighted by Crippen LogP contribution is -2.30. The zero-order valence-electron chi connectivity index (χ0n) is 9.88. The first-order valence-electron chi connectivity index (χ1n) is 5.74. The average molecular weight is 263 g/mol. The van der Waals surface area contributed by atoms with Crippen molar-refractivity contribution >= 4 is 17.0 Å². The highest BCUT2D eigenvalue weighted by atomic mass is 16.3. The Morgan fingerprint density at radius 2 is 2.05 bits per heavy atom. The lowest BCUT2D eigenvalue weighted by atomic mass is 10.1. The van der Waals surface area contributed by atoms with Crippen molar-refractivity contribution in [2.75, 3.05) is 12.3 Å². The molecule has 19 heavy (non-hydrogen) atoms. The summed E-state index contributed by atoms with van der Waals surface area (Å²) in [4.78, 5) is 12.0. The molecule has 0 bridgehead atoms. The number of rotatable bonds is 2. The van der Waals surface area contributed by atoms with E-state index in [0.717, 1.165) is 0 Å². The average Bonchev–Trinajstić information content (AvgIpc) is 2.94. The fraction of sp³-hybridized carbons (Fsp3) is 0.364. The van der Waals surface area contributed by atoms with Crippen LogP contribution in [0.1, 0.15) is 6.04 Å². The van der Waals surface area contributed by atoms with E-state index in [1.54, 1.807) is 10.6 Å². The Morgan fingerprint density at radius 3 is 2.74 bits per heavy atom. The highest BCUT2D eigenvalue weighted by Gasteiger charge is 2.36. The molecule has 0 radical (unpaired) electrons. The quantitative estimate of drug-likeness (QED) is 0.490. The van der Waals surface area contributed by atoms with E-state index in [2.05, 4.69) is 15.0 Å². The Hall–Kier alpha value is -2.03. The SMILES string of the molecule is Nc1ncnc2c1ncn2[C@H]1C=C(CO)[C@H](O)[C@@H]1O. The summed E-state index contributed by atoms with van der Waals surface area (Å²) < 4.78 is 1.60. The van der Waals surface area contributed by atoms with Gasteiger partial charge in [0, 0.05) is 0 Å². The predicted octanol–water partition coefficient (Wildman–Crippen LogP) is -1.40. The van der Waals surface area contributed by atoms with Gasteiger partial charge in [-0.3, -0.25) is 0 Å². The molecule has 8 nitrogen and oxygen atoms in total. The number of hydrogen-bond donors (Lipinski definition) is 4. The van der Waals surface area contributed by atoms with Crippen LogP contribution in [0.2, 0.25) is 0 Å². The van der Waals surface area contributed by atoms with Crippen LogP contribution in [-0.2, 0) is 0 Å². The van der Waals surface area contributed by atoms with Crippen molar-refractivity contribution < 1.29 is 15.3 Å². The standard InChI is InChI=1S/C11H13N5O3/c12-10-7-11(14-3-13-10)16(4-15-7)6-1-5(2-17)8(18)9(6)19/h1,3-4,6,8-9,17-19H,2H2,(H2,12,13,14)/t6-,8-,9+/m0/s1. The van der Waals surface area contributed by atoms with Gasteiger partial charge >= 0.3 is 0 Å². The number of nitrogens with zero attached hydrogens (tertiary/aromatic N) is 4. The Kier molecular flexibility index (Phi) is 2.70. The van der Waals surface area contributed by atoms with E-state index in [0.29, 0.717) is 16.7 Å². The van der Waals surface area contributed by atoms with Crippen molar-refractivity contribution in [3.63, 3.8) is 0 Å². The molecule has 2 heterocycles. The third kappa shape index (κ3) is 1.69. The van der Waals surface area contributed by atoms with Gasteiger partial charge < -0.3 is 25.6 Å². The van der Waals surface area contributed by atoms with Gasteiger partial charge in [-0.25, -0.2) is 15.0 Å². The normalized spacial score (nSPS) is 26.9. The van der Waals surface area contributed by atoms with Crippen molar-refractivity contribution in [2.24, 2.45) is 0 Å². The van der Waals surface area contributed by atoms with Crippen molar-refractivity contribution in [3.8, 4) is 0 Å². The Balaban J connectivity index is 2.11. The highest BCUT2D eigenvalue weighted by Crippen LogP contribution is 2.31. The number of aliphatic hydroxyl groups excluding tert-OH is 3. The molecule has 3 atom stereocenters. The molecular formula is C11H13N5O3. The second-order valence-corrected chi connectivity index (χ2v) is 4.41. The molecule has 0 unspecified atom stereocenters. The summed E-state index contributed by atoms with van der Waals surface area (Å²) in [6, 6.07) is -0.545. The second kappa shape index (κ2) is 4.26. The molecule has 0 fully saturated rings. The van der Waals surface area contributed by atoms with E-state index < -0.39 is 18.2 Å². The maximum atomic E-state index is 10.0. The van der Waals surface area contributed by atoms with Crippen molar-refractivity contribution in [2.45, 2.75) is 18.2 Å². The van der Waals surface area contributed by atoms with Gasteiger partial charge in [0.25, 0.3) is 0 Å². The smallest absolute Gasteiger partial charge is 0.166 e. The first-order valence-corrected chi connectivity index (χ1v) is 5.74. The Bertz CT molecular complexity index is 653. The predicted molar refractivity (Wildman–Crippen MR) is 66.0 cm³/mol. The summed E-state index contributed by atoms with van der Waals surface area (Å²) in [7, 11) is 0. The van der Waals surface area contributed by atoms with Gasteiger partial charge in [0.2, 0.25) is 0 Å². The van der Waals surface area contributed by atoms with E-state index in [9.17, 15) is 10.2 Å². The van der Waals surface area contributed by atoms with Crippen LogP contribution < -0.4 is 5.73 Å². The molecule has 2 aromatic rings. The van der Waals surface area contributed by atoms with Gasteiger partial charge in [-0.1, -0.05) is 6.08 Å². The van der Waals surface area contributed by atoms with Gasteiger partial charge in [-0.2, -0.15) is 0 Å². The minimum atomic E-state index is -1.09. The molecular weight excluding hydrogens is 250 g/mol. The number of nitrogens with two attached hydrogens (primary N) is 1. The van der Waals surface area contributed by atoms with E-state index in [1.165, 1.54) is 12.7 Å². The van der Waals surface area contributed by atoms with E-state index in [4.69, 9.17) is 10.8 Å². The van der Waals surface area contributed by atoms with Crippen LogP contribution in [0.25, 0.3) is 11.2 Å². The monoisotopic (exact) mass is 263 g/mol. The van der Waals surface area contributed by atoms with Crippen LogP contribution in [0.15, 0.2) is 24.3 Å². The number of aliphatic hydroxyl groups is 3. The van der Waals surface area contributed by atoms with Crippen LogP contribution >= 0.6 is 0 Å². The number of nitrogen functional groups attached to an aromatic ring is 1. The number of hydrogen-bond acceptors (Lipinski definition) is 7. The van der Waals surface area contributed by atoms with Gasteiger partial charge in [0.05, 0.1) is 19.0 Å². The van der Waals surface area contributed by atoms with Gasteiger partial charge in [-0.05, 0) is 5.57 Å². The zero-order valence-corrected chi connectivity index (χ0v) is 9.88. The molecule has 1 aliphatic rings. The number of anilines is 1.